The fourth-order valence-electron chi connectivity index (χ4n) is 5.57. The highest BCUT2D eigenvalue weighted by atomic mass is 16.5. The summed E-state index contributed by atoms with van der Waals surface area (Å²) in [5.41, 5.74) is 6.24. The Balaban J connectivity index is 0.000000911. The van der Waals surface area contributed by atoms with Crippen LogP contribution in [0.1, 0.15) is 132 Å². The van der Waals surface area contributed by atoms with Crippen LogP contribution in [0.4, 0.5) is 4.79 Å². The molecule has 5 N–H and O–H groups in total. The average Bonchev–Trinajstić information content (AvgIpc) is 3.78. The molecule has 0 radical (unpaired) electrons. The molecule has 4 aliphatic rings. The zero-order chi connectivity index (χ0) is 38.6. The molecule has 3 fully saturated rings. The molecule has 3 aliphatic carbocycles. The number of carbonyl (C=O) groups excluding carboxylic acids is 6. The average molecular weight is 720 g/mol. The van der Waals surface area contributed by atoms with Crippen LogP contribution in [0.3, 0.4) is 0 Å². The molecule has 1 aliphatic heterocycles. The van der Waals surface area contributed by atoms with Gasteiger partial charge in [-0.2, -0.15) is 0 Å². The van der Waals surface area contributed by atoms with Crippen molar-refractivity contribution >= 4 is 36.0 Å². The maximum absolute atomic E-state index is 12.9. The van der Waals surface area contributed by atoms with E-state index in [9.17, 15) is 28.8 Å². The molecule has 0 aromatic heterocycles. The van der Waals surface area contributed by atoms with Crippen LogP contribution in [0.5, 0.6) is 0 Å². The van der Waals surface area contributed by atoms with Gasteiger partial charge in [0.2, 0.25) is 17.6 Å². The summed E-state index contributed by atoms with van der Waals surface area (Å²) >= 11 is 0. The van der Waals surface area contributed by atoms with Crippen molar-refractivity contribution in [2.45, 2.75) is 144 Å². The van der Waals surface area contributed by atoms with Crippen molar-refractivity contribution in [3.8, 4) is 0 Å². The molecule has 51 heavy (non-hydrogen) atoms. The number of rotatable bonds is 12. The summed E-state index contributed by atoms with van der Waals surface area (Å²) in [5, 5.41) is 7.64. The van der Waals surface area contributed by atoms with Crippen LogP contribution in [0.15, 0.2) is 23.8 Å². The second kappa shape index (κ2) is 28.9. The highest BCUT2D eigenvalue weighted by Gasteiger charge is 2.40. The van der Waals surface area contributed by atoms with E-state index in [2.05, 4.69) is 67.5 Å². The van der Waals surface area contributed by atoms with Crippen molar-refractivity contribution in [2.24, 2.45) is 23.5 Å². The fourth-order valence-corrected chi connectivity index (χ4v) is 5.57. The Hall–Kier alpha value is -3.70. The Morgan fingerprint density at radius 3 is 2.00 bits per heavy atom. The molecule has 2 unspecified atom stereocenters. The van der Waals surface area contributed by atoms with Crippen LogP contribution >= 0.6 is 0 Å². The summed E-state index contributed by atoms with van der Waals surface area (Å²) in [5.74, 6) is -1.53. The maximum atomic E-state index is 12.9. The minimum Gasteiger partial charge on any atom is -0.463 e. The zero-order valence-electron chi connectivity index (χ0n) is 32.6. The lowest BCUT2D eigenvalue weighted by Gasteiger charge is -2.30. The molecular weight excluding hydrogens is 650 g/mol. The number of likely N-dealkylation sites (tertiary alicyclic amines) is 1. The first-order chi connectivity index (χ1) is 24.3. The third kappa shape index (κ3) is 22.7. The molecule has 3 atom stereocenters. The number of nitrogens with one attached hydrogen (secondary N) is 3. The van der Waals surface area contributed by atoms with Gasteiger partial charge in [-0.05, 0) is 55.9 Å². The van der Waals surface area contributed by atoms with Gasteiger partial charge in [-0.1, -0.05) is 118 Å². The Morgan fingerprint density at radius 1 is 0.961 bits per heavy atom. The van der Waals surface area contributed by atoms with Gasteiger partial charge < -0.3 is 31.3 Å². The molecule has 12 nitrogen and oxygen atoms in total. The van der Waals surface area contributed by atoms with Crippen molar-refractivity contribution in [3.05, 3.63) is 23.8 Å². The molecule has 4 rings (SSSR count). The van der Waals surface area contributed by atoms with E-state index in [0.29, 0.717) is 39.0 Å². The van der Waals surface area contributed by atoms with Crippen molar-refractivity contribution in [3.63, 3.8) is 0 Å². The number of primary amides is 1. The molecule has 292 valence electrons. The second-order valence-electron chi connectivity index (χ2n) is 14.3. The number of urea groups is 1. The van der Waals surface area contributed by atoms with E-state index in [0.717, 1.165) is 43.6 Å². The summed E-state index contributed by atoms with van der Waals surface area (Å²) in [7, 11) is 0. The number of nitrogens with zero attached hydrogens (tertiary/aromatic N) is 1. The van der Waals surface area contributed by atoms with Gasteiger partial charge in [-0.3, -0.25) is 24.0 Å². The molecule has 1 heterocycles. The number of amides is 5. The molecular formula is C39H69N5O7. The Bertz CT molecular complexity index is 1090. The highest BCUT2D eigenvalue weighted by Crippen LogP contribution is 2.31. The second-order valence-corrected chi connectivity index (χ2v) is 14.3. The van der Waals surface area contributed by atoms with Gasteiger partial charge in [-0.15, -0.1) is 0 Å². The van der Waals surface area contributed by atoms with Crippen LogP contribution in [-0.4, -0.2) is 79.2 Å². The topological polar surface area (TPSA) is 177 Å². The summed E-state index contributed by atoms with van der Waals surface area (Å²) < 4.78 is 4.57. The number of hydrogen-bond donors (Lipinski definition) is 4. The van der Waals surface area contributed by atoms with Crippen molar-refractivity contribution in [2.75, 3.05) is 26.2 Å². The lowest BCUT2D eigenvalue weighted by atomic mass is 9.80. The lowest BCUT2D eigenvalue weighted by molar-refractivity contribution is -0.141. The number of ether oxygens (including phenoxy) is 1. The molecule has 5 amide bonds. The molecule has 12 heteroatoms. The monoisotopic (exact) mass is 720 g/mol. The van der Waals surface area contributed by atoms with Crippen molar-refractivity contribution in [1.29, 1.82) is 0 Å². The minimum atomic E-state index is -1.08. The number of Topliss-reactive ketones (excluding diaryl/α,β-unsaturated/α-hetero) is 1. The van der Waals surface area contributed by atoms with Gasteiger partial charge in [0.15, 0.2) is 0 Å². The van der Waals surface area contributed by atoms with Gasteiger partial charge in [0.25, 0.3) is 12.4 Å². The number of ketones is 1. The number of nitrogens with two attached hydrogens (primary N) is 1. The van der Waals surface area contributed by atoms with Gasteiger partial charge in [0.1, 0.15) is 12.6 Å². The van der Waals surface area contributed by atoms with Crippen LogP contribution in [0.2, 0.25) is 0 Å². The highest BCUT2D eigenvalue weighted by molar-refractivity contribution is 6.37. The van der Waals surface area contributed by atoms with E-state index in [1.54, 1.807) is 6.92 Å². The van der Waals surface area contributed by atoms with E-state index < -0.39 is 35.7 Å². The molecule has 0 bridgehead atoms. The maximum Gasteiger partial charge on any atom is 0.315 e. The first-order valence-electron chi connectivity index (χ1n) is 19.2. The lowest BCUT2D eigenvalue weighted by Crippen LogP contribution is -2.54. The van der Waals surface area contributed by atoms with E-state index in [1.165, 1.54) is 43.4 Å². The first-order valence-corrected chi connectivity index (χ1v) is 19.2. The van der Waals surface area contributed by atoms with Crippen molar-refractivity contribution in [1.82, 2.24) is 20.9 Å². The van der Waals surface area contributed by atoms with Gasteiger partial charge in [0.05, 0.1) is 12.6 Å². The van der Waals surface area contributed by atoms with Gasteiger partial charge in [-0.25, -0.2) is 4.79 Å². The largest absolute Gasteiger partial charge is 0.463 e. The minimum absolute atomic E-state index is 0.0936. The third-order valence-corrected chi connectivity index (χ3v) is 8.18. The fraction of sp³-hybridized carbons (Fsp3) is 0.744. The van der Waals surface area contributed by atoms with Crippen molar-refractivity contribution < 1.29 is 33.5 Å². The molecule has 1 saturated heterocycles. The standard InChI is InChI=1S/C19H31N5O5.C8H10O2.C5H10.C4H10.C3H8/c1-3-21-19(29)22-9-15(25)24-10-11(2)7-14(24)18(28)23-13(16(26)17(20)27)8-12-5-4-6-12;9-7-10-6-8-4-2-1-3-5-8;1-2-4-5-3-1;1-4(2)3;1-3-2/h11-14H,3-10H2,1-2H3,(H2,20,27)(H,23,28)(H2,21,22,29);2,4-5,7H,1,3,6H2;1-5H2;4H,1-3H3;3H2,1-2H3/t11-,13?,14?;;;;/m1..../s1. The molecule has 2 saturated carbocycles. The Kier molecular flexibility index (Phi) is 26.8. The normalized spacial score (nSPS) is 19.3. The summed E-state index contributed by atoms with van der Waals surface area (Å²) in [6.45, 7) is 15.9. The quantitative estimate of drug-likeness (QED) is 0.147. The predicted molar refractivity (Wildman–Crippen MR) is 202 cm³/mol. The predicted octanol–water partition coefficient (Wildman–Crippen LogP) is 5.74. The van der Waals surface area contributed by atoms with E-state index >= 15 is 0 Å². The molecule has 0 spiro atoms. The number of carbonyl (C=O) groups is 6. The van der Waals surface area contributed by atoms with Crippen LogP contribution in [-0.2, 0) is 28.7 Å². The summed E-state index contributed by atoms with van der Waals surface area (Å²) in [6, 6.07) is -2.17. The van der Waals surface area contributed by atoms with Crippen LogP contribution < -0.4 is 21.7 Å². The summed E-state index contributed by atoms with van der Waals surface area (Å²) in [6.07, 6.45) is 20.9. The van der Waals surface area contributed by atoms with E-state index in [-0.39, 0.29) is 24.3 Å². The van der Waals surface area contributed by atoms with Gasteiger partial charge in [0, 0.05) is 13.1 Å². The first kappa shape index (κ1) is 47.3. The molecule has 0 aromatic rings. The third-order valence-electron chi connectivity index (χ3n) is 8.18. The SMILES string of the molecule is C1CCCC1.CC(C)C.CCC.CCNC(=O)NCC(=O)N1C[C@H](C)CC1C(=O)NC(CC1CCC1)C(=O)C(N)=O.O=COCC1=CCCC=C1. The Morgan fingerprint density at radius 2 is 1.55 bits per heavy atom. The van der Waals surface area contributed by atoms with Gasteiger partial charge >= 0.3 is 6.03 Å². The Labute approximate surface area is 307 Å². The van der Waals surface area contributed by atoms with Crippen LogP contribution in [0.25, 0.3) is 0 Å². The zero-order valence-corrected chi connectivity index (χ0v) is 32.6. The smallest absolute Gasteiger partial charge is 0.315 e. The molecule has 0 aromatic carbocycles. The van der Waals surface area contributed by atoms with Crippen LogP contribution in [0, 0.1) is 17.8 Å². The van der Waals surface area contributed by atoms with E-state index in [1.807, 2.05) is 13.0 Å². The van der Waals surface area contributed by atoms with E-state index in [4.69, 9.17) is 5.73 Å². The number of hydrogen-bond acceptors (Lipinski definition) is 7. The number of allylic oxidation sites excluding steroid dienone is 2. The summed E-state index contributed by atoms with van der Waals surface area (Å²) in [4.78, 5) is 71.6.